The molecular weight excluding hydrogens is 246 g/mol. The van der Waals surface area contributed by atoms with Crippen molar-refractivity contribution in [2.45, 2.75) is 66.7 Å². The first-order chi connectivity index (χ1) is 9.46. The predicted octanol–water partition coefficient (Wildman–Crippen LogP) is 5.14. The van der Waals surface area contributed by atoms with Gasteiger partial charge in [-0.05, 0) is 51.6 Å². The van der Waals surface area contributed by atoms with E-state index in [2.05, 4.69) is 38.7 Å². The van der Waals surface area contributed by atoms with Crippen molar-refractivity contribution in [3.8, 4) is 0 Å². The normalized spacial score (nSPS) is 12.8. The Balaban J connectivity index is 4.64. The fourth-order valence-corrected chi connectivity index (χ4v) is 2.01. The number of hydrogen-bond acceptors (Lipinski definition) is 1. The van der Waals surface area contributed by atoms with E-state index in [4.69, 9.17) is 0 Å². The molecule has 114 valence electrons. The van der Waals surface area contributed by atoms with E-state index in [0.717, 1.165) is 42.7 Å². The van der Waals surface area contributed by atoms with Crippen LogP contribution in [0.5, 0.6) is 0 Å². The van der Waals surface area contributed by atoms with Gasteiger partial charge in [-0.3, -0.25) is 4.79 Å². The summed E-state index contributed by atoms with van der Waals surface area (Å²) in [5.41, 5.74) is 3.42. The Morgan fingerprint density at radius 2 is 1.90 bits per heavy atom. The van der Waals surface area contributed by atoms with Crippen LogP contribution >= 0.6 is 0 Å². The van der Waals surface area contributed by atoms with Gasteiger partial charge in [-0.25, -0.2) is 0 Å². The Morgan fingerprint density at radius 3 is 2.35 bits per heavy atom. The van der Waals surface area contributed by atoms with Crippen molar-refractivity contribution in [3.05, 3.63) is 35.6 Å². The smallest absolute Gasteiger partial charge is 0.251 e. The van der Waals surface area contributed by atoms with Crippen LogP contribution in [0.15, 0.2) is 35.6 Å². The molecule has 0 radical (unpaired) electrons. The van der Waals surface area contributed by atoms with Gasteiger partial charge in [0.15, 0.2) is 0 Å². The average Bonchev–Trinajstić information content (AvgIpc) is 2.41. The fraction of sp³-hybridized carbons (Fsp3) is 0.611. The molecule has 0 aromatic heterocycles. The molecular formula is C18H31NO. The van der Waals surface area contributed by atoms with E-state index in [1.165, 1.54) is 18.2 Å². The first-order valence-electron chi connectivity index (χ1n) is 7.72. The van der Waals surface area contributed by atoms with Crippen molar-refractivity contribution in [3.63, 3.8) is 0 Å². The Bertz CT molecular complexity index is 373. The molecule has 1 unspecified atom stereocenters. The lowest BCUT2D eigenvalue weighted by Crippen LogP contribution is -2.20. The summed E-state index contributed by atoms with van der Waals surface area (Å²) in [7, 11) is 0. The Labute approximate surface area is 125 Å². The Kier molecular flexibility index (Phi) is 9.79. The predicted molar refractivity (Wildman–Crippen MR) is 88.4 cm³/mol. The Morgan fingerprint density at radius 1 is 1.25 bits per heavy atom. The summed E-state index contributed by atoms with van der Waals surface area (Å²) >= 11 is 0. The minimum Gasteiger partial charge on any atom is -0.329 e. The van der Waals surface area contributed by atoms with Crippen LogP contribution in [-0.2, 0) is 4.79 Å². The van der Waals surface area contributed by atoms with Crippen LogP contribution in [0.25, 0.3) is 0 Å². The second kappa shape index (κ2) is 10.5. The summed E-state index contributed by atoms with van der Waals surface area (Å²) in [5.74, 6) is 0.723. The third kappa shape index (κ3) is 7.32. The first kappa shape index (κ1) is 18.7. The SMILES string of the molecule is C=CNC(=O)C(CC/C(=C\CC(C)CC)CC)=C(C)C. The minimum atomic E-state index is -0.0163. The summed E-state index contributed by atoms with van der Waals surface area (Å²) in [6, 6.07) is 0. The highest BCUT2D eigenvalue weighted by Crippen LogP contribution is 2.19. The zero-order chi connectivity index (χ0) is 15.5. The van der Waals surface area contributed by atoms with E-state index < -0.39 is 0 Å². The van der Waals surface area contributed by atoms with Gasteiger partial charge in [0.25, 0.3) is 5.91 Å². The standard InChI is InChI=1S/C18H31NO/c1-7-15(6)10-11-16(8-2)12-13-17(14(4)5)18(20)19-9-3/h9,11,15H,3,7-8,10,12-13H2,1-2,4-6H3,(H,19,20)/b16-11-. The van der Waals surface area contributed by atoms with Crippen molar-refractivity contribution in [1.29, 1.82) is 0 Å². The molecule has 1 N–H and O–H groups in total. The van der Waals surface area contributed by atoms with Crippen LogP contribution in [0.4, 0.5) is 0 Å². The number of carbonyl (C=O) groups excluding carboxylic acids is 1. The number of allylic oxidation sites excluding steroid dienone is 3. The summed E-state index contributed by atoms with van der Waals surface area (Å²) in [6.07, 6.45) is 9.01. The lowest BCUT2D eigenvalue weighted by molar-refractivity contribution is -0.116. The molecule has 1 atom stereocenters. The van der Waals surface area contributed by atoms with Crippen LogP contribution < -0.4 is 5.32 Å². The maximum absolute atomic E-state index is 11.9. The molecule has 20 heavy (non-hydrogen) atoms. The molecule has 1 amide bonds. The lowest BCUT2D eigenvalue weighted by Gasteiger charge is -2.11. The summed E-state index contributed by atoms with van der Waals surface area (Å²) in [6.45, 7) is 14.2. The molecule has 0 rings (SSSR count). The molecule has 2 heteroatoms. The largest absolute Gasteiger partial charge is 0.329 e. The van der Waals surface area contributed by atoms with Crippen LogP contribution in [0.1, 0.15) is 66.7 Å². The van der Waals surface area contributed by atoms with Gasteiger partial charge in [0.05, 0.1) is 0 Å². The molecule has 0 aromatic rings. The molecule has 0 saturated heterocycles. The van der Waals surface area contributed by atoms with E-state index in [1.54, 1.807) is 0 Å². The van der Waals surface area contributed by atoms with Gasteiger partial charge in [0, 0.05) is 5.57 Å². The van der Waals surface area contributed by atoms with E-state index >= 15 is 0 Å². The van der Waals surface area contributed by atoms with Gasteiger partial charge >= 0.3 is 0 Å². The number of amides is 1. The molecule has 2 nitrogen and oxygen atoms in total. The van der Waals surface area contributed by atoms with Gasteiger partial charge in [-0.1, -0.05) is 51.0 Å². The fourth-order valence-electron chi connectivity index (χ4n) is 2.01. The minimum absolute atomic E-state index is 0.0163. The van der Waals surface area contributed by atoms with Crippen molar-refractivity contribution >= 4 is 5.91 Å². The molecule has 0 spiro atoms. The highest BCUT2D eigenvalue weighted by molar-refractivity contribution is 5.94. The van der Waals surface area contributed by atoms with E-state index in [-0.39, 0.29) is 5.91 Å². The molecule has 0 aliphatic rings. The van der Waals surface area contributed by atoms with Gasteiger partial charge in [-0.15, -0.1) is 0 Å². The molecule has 0 heterocycles. The van der Waals surface area contributed by atoms with Gasteiger partial charge < -0.3 is 5.32 Å². The van der Waals surface area contributed by atoms with Crippen LogP contribution in [0.3, 0.4) is 0 Å². The Hall–Kier alpha value is -1.31. The monoisotopic (exact) mass is 277 g/mol. The van der Waals surface area contributed by atoms with Crippen LogP contribution in [0, 0.1) is 5.92 Å². The zero-order valence-electron chi connectivity index (χ0n) is 13.9. The highest BCUT2D eigenvalue weighted by Gasteiger charge is 2.10. The molecule has 0 bridgehead atoms. The van der Waals surface area contributed by atoms with Crippen molar-refractivity contribution in [2.75, 3.05) is 0 Å². The van der Waals surface area contributed by atoms with Gasteiger partial charge in [0.1, 0.15) is 0 Å². The number of hydrogen-bond donors (Lipinski definition) is 1. The summed E-state index contributed by atoms with van der Waals surface area (Å²) in [4.78, 5) is 11.9. The van der Waals surface area contributed by atoms with E-state index in [9.17, 15) is 4.79 Å². The van der Waals surface area contributed by atoms with Crippen molar-refractivity contribution in [1.82, 2.24) is 5.32 Å². The third-order valence-corrected chi connectivity index (χ3v) is 3.77. The third-order valence-electron chi connectivity index (χ3n) is 3.77. The number of nitrogens with one attached hydrogen (secondary N) is 1. The summed E-state index contributed by atoms with van der Waals surface area (Å²) < 4.78 is 0. The maximum atomic E-state index is 11.9. The molecule has 0 aliphatic heterocycles. The number of carbonyl (C=O) groups is 1. The average molecular weight is 277 g/mol. The van der Waals surface area contributed by atoms with Crippen LogP contribution in [-0.4, -0.2) is 5.91 Å². The molecule has 0 fully saturated rings. The van der Waals surface area contributed by atoms with Gasteiger partial charge in [0.2, 0.25) is 0 Å². The lowest BCUT2D eigenvalue weighted by atomic mass is 9.96. The molecule has 0 aliphatic carbocycles. The highest BCUT2D eigenvalue weighted by atomic mass is 16.1. The quantitative estimate of drug-likeness (QED) is 0.459. The van der Waals surface area contributed by atoms with Crippen LogP contribution in [0.2, 0.25) is 0 Å². The topological polar surface area (TPSA) is 29.1 Å². The van der Waals surface area contributed by atoms with Gasteiger partial charge in [-0.2, -0.15) is 0 Å². The van der Waals surface area contributed by atoms with Crippen molar-refractivity contribution in [2.24, 2.45) is 5.92 Å². The van der Waals surface area contributed by atoms with E-state index in [0.29, 0.717) is 0 Å². The second-order valence-corrected chi connectivity index (χ2v) is 5.62. The molecule has 0 aromatic carbocycles. The molecule has 0 saturated carbocycles. The summed E-state index contributed by atoms with van der Waals surface area (Å²) in [5, 5.41) is 2.68. The van der Waals surface area contributed by atoms with E-state index in [1.807, 2.05) is 13.8 Å². The van der Waals surface area contributed by atoms with Crippen molar-refractivity contribution < 1.29 is 4.79 Å². The second-order valence-electron chi connectivity index (χ2n) is 5.62. The number of rotatable bonds is 9. The maximum Gasteiger partial charge on any atom is 0.251 e. The first-order valence-corrected chi connectivity index (χ1v) is 7.72. The zero-order valence-corrected chi connectivity index (χ0v) is 13.9.